The van der Waals surface area contributed by atoms with Crippen LogP contribution >= 0.6 is 46.5 Å². The number of thioether (sulfide) groups is 2. The first kappa shape index (κ1) is 12.8. The molecule has 16 heavy (non-hydrogen) atoms. The Hall–Kier alpha value is 0.360. The molecule has 0 bridgehead atoms. The standard InChI is InChI=1S/C11H13ClOS3/c1-7-11(15-5-4-14-7)9(13)6-8-2-3-10(12)16-8/h2-3,7,11H,4-6H2,1H3. The van der Waals surface area contributed by atoms with Gasteiger partial charge in [0.05, 0.1) is 9.59 Å². The lowest BCUT2D eigenvalue weighted by molar-refractivity contribution is -0.117. The molecule has 0 N–H and O–H groups in total. The van der Waals surface area contributed by atoms with Crippen molar-refractivity contribution in [1.82, 2.24) is 0 Å². The van der Waals surface area contributed by atoms with Gasteiger partial charge >= 0.3 is 0 Å². The zero-order valence-electron chi connectivity index (χ0n) is 8.94. The van der Waals surface area contributed by atoms with E-state index in [4.69, 9.17) is 11.6 Å². The van der Waals surface area contributed by atoms with Crippen molar-refractivity contribution in [2.45, 2.75) is 23.8 Å². The molecule has 1 aromatic heterocycles. The van der Waals surface area contributed by atoms with Gasteiger partial charge in [0.25, 0.3) is 0 Å². The molecule has 1 saturated heterocycles. The maximum atomic E-state index is 12.1. The average molecular weight is 293 g/mol. The molecule has 0 radical (unpaired) electrons. The maximum Gasteiger partial charge on any atom is 0.152 e. The van der Waals surface area contributed by atoms with Crippen molar-refractivity contribution >= 4 is 52.2 Å². The Balaban J connectivity index is 1.96. The SMILES string of the molecule is CC1SCCSC1C(=O)Cc1ccc(Cl)s1. The van der Waals surface area contributed by atoms with E-state index in [1.807, 2.05) is 23.9 Å². The second-order valence-electron chi connectivity index (χ2n) is 3.72. The van der Waals surface area contributed by atoms with E-state index in [-0.39, 0.29) is 5.25 Å². The highest BCUT2D eigenvalue weighted by molar-refractivity contribution is 8.07. The molecule has 1 fully saturated rings. The number of hydrogen-bond acceptors (Lipinski definition) is 4. The van der Waals surface area contributed by atoms with E-state index in [1.54, 1.807) is 11.8 Å². The summed E-state index contributed by atoms with van der Waals surface area (Å²) in [7, 11) is 0. The van der Waals surface area contributed by atoms with Crippen molar-refractivity contribution in [2.24, 2.45) is 0 Å². The Morgan fingerprint density at radius 1 is 1.44 bits per heavy atom. The van der Waals surface area contributed by atoms with Gasteiger partial charge in [-0.2, -0.15) is 11.8 Å². The molecular weight excluding hydrogens is 280 g/mol. The Kier molecular flexibility index (Phi) is 4.65. The molecule has 88 valence electrons. The number of rotatable bonds is 3. The van der Waals surface area contributed by atoms with Gasteiger partial charge in [-0.25, -0.2) is 0 Å². The number of thiophene rings is 1. The Bertz CT molecular complexity index is 377. The highest BCUT2D eigenvalue weighted by atomic mass is 35.5. The second kappa shape index (κ2) is 5.80. The summed E-state index contributed by atoms with van der Waals surface area (Å²) >= 11 is 11.1. The first-order valence-corrected chi connectivity index (χ1v) is 8.46. The predicted octanol–water partition coefficient (Wildman–Crippen LogP) is 3.75. The summed E-state index contributed by atoms with van der Waals surface area (Å²) in [5, 5.41) is 0.612. The summed E-state index contributed by atoms with van der Waals surface area (Å²) in [6.45, 7) is 2.15. The molecule has 0 aliphatic carbocycles. The Labute approximate surface area is 113 Å². The lowest BCUT2D eigenvalue weighted by atomic mass is 10.1. The summed E-state index contributed by atoms with van der Waals surface area (Å²) in [5.74, 6) is 2.61. The lowest BCUT2D eigenvalue weighted by Gasteiger charge is -2.26. The van der Waals surface area contributed by atoms with Crippen LogP contribution in [0.4, 0.5) is 0 Å². The molecule has 0 saturated carbocycles. The van der Waals surface area contributed by atoms with E-state index in [9.17, 15) is 4.79 Å². The van der Waals surface area contributed by atoms with Gasteiger partial charge in [-0.15, -0.1) is 23.1 Å². The molecule has 0 aromatic carbocycles. The van der Waals surface area contributed by atoms with Crippen LogP contribution in [0.5, 0.6) is 0 Å². The van der Waals surface area contributed by atoms with E-state index in [0.29, 0.717) is 17.5 Å². The zero-order valence-corrected chi connectivity index (χ0v) is 12.1. The highest BCUT2D eigenvalue weighted by Crippen LogP contribution is 2.33. The molecular formula is C11H13ClOS3. The number of Topliss-reactive ketones (excluding diaryl/α,β-unsaturated/α-hetero) is 1. The summed E-state index contributed by atoms with van der Waals surface area (Å²) in [5.41, 5.74) is 0. The summed E-state index contributed by atoms with van der Waals surface area (Å²) in [6.07, 6.45) is 0.542. The van der Waals surface area contributed by atoms with E-state index in [2.05, 4.69) is 6.92 Å². The monoisotopic (exact) mass is 292 g/mol. The summed E-state index contributed by atoms with van der Waals surface area (Å²) in [4.78, 5) is 13.2. The van der Waals surface area contributed by atoms with E-state index in [0.717, 1.165) is 15.0 Å². The van der Waals surface area contributed by atoms with Gasteiger partial charge in [0, 0.05) is 28.1 Å². The molecule has 2 rings (SSSR count). The van der Waals surface area contributed by atoms with Crippen LogP contribution in [-0.2, 0) is 11.2 Å². The molecule has 1 aliphatic heterocycles. The molecule has 0 amide bonds. The van der Waals surface area contributed by atoms with Crippen molar-refractivity contribution in [3.63, 3.8) is 0 Å². The van der Waals surface area contributed by atoms with Crippen LogP contribution in [-0.4, -0.2) is 27.8 Å². The van der Waals surface area contributed by atoms with Gasteiger partial charge in [-0.1, -0.05) is 18.5 Å². The summed E-state index contributed by atoms with van der Waals surface area (Å²) in [6, 6.07) is 3.82. The number of halogens is 1. The molecule has 1 aromatic rings. The van der Waals surface area contributed by atoms with Crippen LogP contribution in [0.15, 0.2) is 12.1 Å². The van der Waals surface area contributed by atoms with E-state index < -0.39 is 0 Å². The van der Waals surface area contributed by atoms with Crippen LogP contribution in [0.25, 0.3) is 0 Å². The molecule has 2 heterocycles. The fraction of sp³-hybridized carbons (Fsp3) is 0.545. The second-order valence-corrected chi connectivity index (χ2v) is 8.25. The average Bonchev–Trinajstić information content (AvgIpc) is 2.64. The van der Waals surface area contributed by atoms with Gasteiger partial charge in [-0.05, 0) is 12.1 Å². The minimum absolute atomic E-state index is 0.166. The minimum atomic E-state index is 0.166. The fourth-order valence-corrected chi connectivity index (χ4v) is 5.54. The Morgan fingerprint density at radius 3 is 2.81 bits per heavy atom. The molecule has 1 nitrogen and oxygen atoms in total. The number of ketones is 1. The Morgan fingerprint density at radius 2 is 2.19 bits per heavy atom. The molecule has 2 unspecified atom stereocenters. The number of carbonyl (C=O) groups is 1. The molecule has 1 aliphatic rings. The van der Waals surface area contributed by atoms with Crippen LogP contribution in [0.3, 0.4) is 0 Å². The zero-order chi connectivity index (χ0) is 11.5. The van der Waals surface area contributed by atoms with E-state index >= 15 is 0 Å². The van der Waals surface area contributed by atoms with Crippen molar-refractivity contribution in [3.8, 4) is 0 Å². The number of hydrogen-bond donors (Lipinski definition) is 0. The third-order valence-electron chi connectivity index (χ3n) is 2.48. The lowest BCUT2D eigenvalue weighted by Crippen LogP contribution is -2.32. The molecule has 2 atom stereocenters. The van der Waals surface area contributed by atoms with Crippen LogP contribution in [0, 0.1) is 0 Å². The molecule has 5 heteroatoms. The number of carbonyl (C=O) groups excluding carboxylic acids is 1. The largest absolute Gasteiger partial charge is 0.298 e. The third-order valence-corrected chi connectivity index (χ3v) is 6.85. The van der Waals surface area contributed by atoms with Gasteiger partial charge in [0.2, 0.25) is 0 Å². The first-order chi connectivity index (χ1) is 7.66. The quantitative estimate of drug-likeness (QED) is 0.844. The normalized spacial score (nSPS) is 25.6. The predicted molar refractivity (Wildman–Crippen MR) is 76.2 cm³/mol. The summed E-state index contributed by atoms with van der Waals surface area (Å²) < 4.78 is 0.765. The van der Waals surface area contributed by atoms with Gasteiger partial charge in [-0.3, -0.25) is 4.79 Å². The smallest absolute Gasteiger partial charge is 0.152 e. The van der Waals surface area contributed by atoms with Crippen LogP contribution in [0.2, 0.25) is 4.34 Å². The topological polar surface area (TPSA) is 17.1 Å². The van der Waals surface area contributed by atoms with E-state index in [1.165, 1.54) is 17.1 Å². The van der Waals surface area contributed by atoms with Crippen molar-refractivity contribution in [1.29, 1.82) is 0 Å². The van der Waals surface area contributed by atoms with Crippen molar-refractivity contribution in [3.05, 3.63) is 21.3 Å². The third kappa shape index (κ3) is 3.19. The maximum absolute atomic E-state index is 12.1. The fourth-order valence-electron chi connectivity index (χ4n) is 1.71. The van der Waals surface area contributed by atoms with Crippen molar-refractivity contribution in [2.75, 3.05) is 11.5 Å². The minimum Gasteiger partial charge on any atom is -0.298 e. The first-order valence-electron chi connectivity index (χ1n) is 5.17. The van der Waals surface area contributed by atoms with Gasteiger partial charge < -0.3 is 0 Å². The highest BCUT2D eigenvalue weighted by Gasteiger charge is 2.28. The van der Waals surface area contributed by atoms with Gasteiger partial charge in [0.1, 0.15) is 0 Å². The van der Waals surface area contributed by atoms with Crippen LogP contribution in [0.1, 0.15) is 11.8 Å². The van der Waals surface area contributed by atoms with Crippen LogP contribution < -0.4 is 0 Å². The van der Waals surface area contributed by atoms with Gasteiger partial charge in [0.15, 0.2) is 5.78 Å². The van der Waals surface area contributed by atoms with Crippen molar-refractivity contribution < 1.29 is 4.79 Å². The molecule has 0 spiro atoms.